The van der Waals surface area contributed by atoms with Crippen molar-refractivity contribution in [2.75, 3.05) is 5.32 Å². The fraction of sp³-hybridized carbons (Fsp3) is 0.273. The Kier molecular flexibility index (Phi) is 3.26. The normalized spacial score (nSPS) is 22.0. The number of carboxylic acid groups (broad SMARTS) is 1. The van der Waals surface area contributed by atoms with E-state index in [9.17, 15) is 9.59 Å². The number of benzene rings is 1. The van der Waals surface area contributed by atoms with Crippen molar-refractivity contribution >= 4 is 40.8 Å². The van der Waals surface area contributed by atoms with Crippen molar-refractivity contribution in [2.24, 2.45) is 11.8 Å². The number of hydrogen-bond donors (Lipinski definition) is 2. The summed E-state index contributed by atoms with van der Waals surface area (Å²) in [6.45, 7) is 0. The number of nitrogens with one attached hydrogen (secondary N) is 1. The average Bonchev–Trinajstić information content (AvgIpc) is 3.01. The zero-order valence-electron chi connectivity index (χ0n) is 8.61. The lowest BCUT2D eigenvalue weighted by atomic mass is 10.2. The van der Waals surface area contributed by atoms with Crippen LogP contribution in [0.15, 0.2) is 18.2 Å². The molecule has 1 saturated carbocycles. The van der Waals surface area contributed by atoms with E-state index in [2.05, 4.69) is 5.32 Å². The van der Waals surface area contributed by atoms with Gasteiger partial charge in [-0.3, -0.25) is 9.59 Å². The van der Waals surface area contributed by atoms with Gasteiger partial charge in [0.2, 0.25) is 5.91 Å². The van der Waals surface area contributed by atoms with Crippen molar-refractivity contribution < 1.29 is 14.7 Å². The second-order valence-corrected chi connectivity index (χ2v) is 4.74. The topological polar surface area (TPSA) is 66.4 Å². The summed E-state index contributed by atoms with van der Waals surface area (Å²) in [5.74, 6) is -2.28. The molecule has 0 unspecified atom stereocenters. The molecule has 6 heteroatoms. The minimum atomic E-state index is -0.938. The molecule has 4 nitrogen and oxygen atoms in total. The predicted molar refractivity (Wildman–Crippen MR) is 64.3 cm³/mol. The first-order chi connectivity index (χ1) is 7.99. The van der Waals surface area contributed by atoms with Gasteiger partial charge in [0, 0.05) is 5.02 Å². The van der Waals surface area contributed by atoms with Gasteiger partial charge in [0.25, 0.3) is 0 Å². The van der Waals surface area contributed by atoms with Crippen molar-refractivity contribution in [1.29, 1.82) is 0 Å². The molecule has 2 rings (SSSR count). The van der Waals surface area contributed by atoms with Crippen LogP contribution in [-0.4, -0.2) is 17.0 Å². The number of carbonyl (C=O) groups excluding carboxylic acids is 1. The summed E-state index contributed by atoms with van der Waals surface area (Å²) < 4.78 is 0. The number of carbonyl (C=O) groups is 2. The van der Waals surface area contributed by atoms with Gasteiger partial charge in [-0.15, -0.1) is 0 Å². The number of rotatable bonds is 3. The zero-order chi connectivity index (χ0) is 12.6. The molecule has 1 amide bonds. The van der Waals surface area contributed by atoms with Crippen molar-refractivity contribution in [3.8, 4) is 0 Å². The van der Waals surface area contributed by atoms with E-state index in [1.807, 2.05) is 0 Å². The van der Waals surface area contributed by atoms with E-state index in [0.29, 0.717) is 22.2 Å². The number of halogens is 2. The summed E-state index contributed by atoms with van der Waals surface area (Å²) in [5.41, 5.74) is 0.442. The molecule has 0 bridgehead atoms. The van der Waals surface area contributed by atoms with Crippen LogP contribution in [0.2, 0.25) is 10.0 Å². The fourth-order valence-corrected chi connectivity index (χ4v) is 2.03. The van der Waals surface area contributed by atoms with Crippen molar-refractivity contribution in [1.82, 2.24) is 0 Å². The number of carboxylic acids is 1. The van der Waals surface area contributed by atoms with E-state index in [1.165, 1.54) is 6.07 Å². The summed E-state index contributed by atoms with van der Waals surface area (Å²) >= 11 is 11.6. The van der Waals surface area contributed by atoms with E-state index < -0.39 is 17.8 Å². The number of aliphatic carboxylic acids is 1. The third kappa shape index (κ3) is 2.70. The average molecular weight is 274 g/mol. The second-order valence-electron chi connectivity index (χ2n) is 3.90. The van der Waals surface area contributed by atoms with Gasteiger partial charge in [0.15, 0.2) is 0 Å². The van der Waals surface area contributed by atoms with Gasteiger partial charge in [-0.25, -0.2) is 0 Å². The molecule has 1 aliphatic carbocycles. The molecule has 17 heavy (non-hydrogen) atoms. The van der Waals surface area contributed by atoms with E-state index in [-0.39, 0.29) is 5.91 Å². The quantitative estimate of drug-likeness (QED) is 0.890. The molecule has 1 aromatic carbocycles. The molecule has 0 aliphatic heterocycles. The Morgan fingerprint density at radius 3 is 2.53 bits per heavy atom. The molecule has 0 saturated heterocycles. The van der Waals surface area contributed by atoms with Gasteiger partial charge < -0.3 is 10.4 Å². The molecule has 0 radical (unpaired) electrons. The first-order valence-corrected chi connectivity index (χ1v) is 5.73. The summed E-state index contributed by atoms with van der Waals surface area (Å²) in [6.07, 6.45) is 0.381. The molecule has 0 spiro atoms. The maximum atomic E-state index is 11.7. The van der Waals surface area contributed by atoms with Crippen LogP contribution < -0.4 is 5.32 Å². The third-order valence-corrected chi connectivity index (χ3v) is 3.18. The van der Waals surface area contributed by atoms with E-state index >= 15 is 0 Å². The van der Waals surface area contributed by atoms with Gasteiger partial charge in [0.1, 0.15) is 0 Å². The molecular formula is C11H9Cl2NO3. The maximum Gasteiger partial charge on any atom is 0.307 e. The highest BCUT2D eigenvalue weighted by molar-refractivity contribution is 6.36. The monoisotopic (exact) mass is 273 g/mol. The standard InChI is InChI=1S/C11H9Cl2NO3/c12-5-1-2-9(8(13)3-5)14-10(15)6-4-7(6)11(16)17/h1-3,6-7H,4H2,(H,14,15)(H,16,17)/t6-,7-/m1/s1. The largest absolute Gasteiger partial charge is 0.481 e. The molecule has 0 aromatic heterocycles. The van der Waals surface area contributed by atoms with Gasteiger partial charge >= 0.3 is 5.97 Å². The molecular weight excluding hydrogens is 265 g/mol. The Labute approximate surface area is 108 Å². The number of hydrogen-bond acceptors (Lipinski definition) is 2. The van der Waals surface area contributed by atoms with Gasteiger partial charge in [-0.05, 0) is 24.6 Å². The van der Waals surface area contributed by atoms with Crippen LogP contribution in [0.1, 0.15) is 6.42 Å². The smallest absolute Gasteiger partial charge is 0.307 e. The maximum absolute atomic E-state index is 11.7. The molecule has 2 atom stereocenters. The van der Waals surface area contributed by atoms with Crippen LogP contribution >= 0.6 is 23.2 Å². The SMILES string of the molecule is O=C(O)[C@@H]1C[C@H]1C(=O)Nc1ccc(Cl)cc1Cl. The molecule has 2 N–H and O–H groups in total. The lowest BCUT2D eigenvalue weighted by Crippen LogP contribution is -2.17. The van der Waals surface area contributed by atoms with E-state index in [0.717, 1.165) is 0 Å². The first kappa shape index (κ1) is 12.2. The number of anilines is 1. The van der Waals surface area contributed by atoms with Crippen LogP contribution in [0.5, 0.6) is 0 Å². The summed E-state index contributed by atoms with van der Waals surface area (Å²) in [6, 6.07) is 4.70. The van der Waals surface area contributed by atoms with Crippen LogP contribution in [0.25, 0.3) is 0 Å². The van der Waals surface area contributed by atoms with Gasteiger partial charge in [-0.2, -0.15) is 0 Å². The molecule has 1 aliphatic rings. The fourth-order valence-electron chi connectivity index (χ4n) is 1.57. The van der Waals surface area contributed by atoms with Crippen LogP contribution in [0.3, 0.4) is 0 Å². The predicted octanol–water partition coefficient (Wildman–Crippen LogP) is 2.65. The Balaban J connectivity index is 2.02. The Bertz CT molecular complexity index is 490. The van der Waals surface area contributed by atoms with Crippen LogP contribution in [-0.2, 0) is 9.59 Å². The van der Waals surface area contributed by atoms with Crippen molar-refractivity contribution in [2.45, 2.75) is 6.42 Å². The van der Waals surface area contributed by atoms with E-state index in [1.54, 1.807) is 12.1 Å². The van der Waals surface area contributed by atoms with Crippen molar-refractivity contribution in [3.63, 3.8) is 0 Å². The molecule has 1 aromatic rings. The Hall–Kier alpha value is -1.26. The minimum absolute atomic E-state index is 0.318. The third-order valence-electron chi connectivity index (χ3n) is 2.63. The number of amides is 1. The minimum Gasteiger partial charge on any atom is -0.481 e. The second kappa shape index (κ2) is 4.55. The molecule has 90 valence electrons. The van der Waals surface area contributed by atoms with E-state index in [4.69, 9.17) is 28.3 Å². The molecule has 1 fully saturated rings. The highest BCUT2D eigenvalue weighted by Gasteiger charge is 2.48. The van der Waals surface area contributed by atoms with Gasteiger partial charge in [-0.1, -0.05) is 23.2 Å². The van der Waals surface area contributed by atoms with Crippen LogP contribution in [0.4, 0.5) is 5.69 Å². The summed E-state index contributed by atoms with van der Waals surface area (Å²) in [5, 5.41) is 12.1. The lowest BCUT2D eigenvalue weighted by molar-refractivity contribution is -0.139. The lowest BCUT2D eigenvalue weighted by Gasteiger charge is -2.06. The first-order valence-electron chi connectivity index (χ1n) is 4.98. The Morgan fingerprint density at radius 2 is 2.00 bits per heavy atom. The highest BCUT2D eigenvalue weighted by Crippen LogP contribution is 2.40. The molecule has 0 heterocycles. The van der Waals surface area contributed by atoms with Crippen LogP contribution in [0, 0.1) is 11.8 Å². The zero-order valence-corrected chi connectivity index (χ0v) is 10.1. The Morgan fingerprint density at radius 1 is 1.29 bits per heavy atom. The summed E-state index contributed by atoms with van der Waals surface area (Å²) in [4.78, 5) is 22.3. The highest BCUT2D eigenvalue weighted by atomic mass is 35.5. The summed E-state index contributed by atoms with van der Waals surface area (Å²) in [7, 11) is 0. The van der Waals surface area contributed by atoms with Crippen molar-refractivity contribution in [3.05, 3.63) is 28.2 Å². The van der Waals surface area contributed by atoms with Gasteiger partial charge in [0.05, 0.1) is 22.5 Å².